The third-order valence-electron chi connectivity index (χ3n) is 2.38. The number of benzene rings is 1. The second-order valence-electron chi connectivity index (χ2n) is 3.53. The molecule has 86 valence electrons. The molecule has 17 heavy (non-hydrogen) atoms. The van der Waals surface area contributed by atoms with E-state index in [0.717, 1.165) is 4.68 Å². The summed E-state index contributed by atoms with van der Waals surface area (Å²) in [5, 5.41) is 3.91. The van der Waals surface area contributed by atoms with E-state index in [0.29, 0.717) is 11.5 Å². The van der Waals surface area contributed by atoms with E-state index in [2.05, 4.69) is 5.10 Å². The number of nitrogens with zero attached hydrogens (tertiary/aromatic N) is 2. The minimum absolute atomic E-state index is 0.0352. The van der Waals surface area contributed by atoms with Gasteiger partial charge in [-0.3, -0.25) is 4.79 Å². The highest BCUT2D eigenvalue weighted by Crippen LogP contribution is 2.45. The smallest absolute Gasteiger partial charge is 0.289 e. The first-order valence-corrected chi connectivity index (χ1v) is 5.26. The Morgan fingerprint density at radius 2 is 1.88 bits per heavy atom. The Kier molecular flexibility index (Phi) is 2.09. The Morgan fingerprint density at radius 3 is 2.59 bits per heavy atom. The number of fused-ring (bicyclic) bond motifs is 2. The van der Waals surface area contributed by atoms with Gasteiger partial charge in [-0.15, -0.1) is 5.10 Å². The summed E-state index contributed by atoms with van der Waals surface area (Å²) in [6.45, 7) is 0. The standard InChI is InChI=1S/C11H7ClN2O3/c1-14-11(15)8(12)9-10(13-14)17-7-5-3-2-4-6(7)16-9/h2-5H,1H3. The van der Waals surface area contributed by atoms with E-state index in [4.69, 9.17) is 21.1 Å². The van der Waals surface area contributed by atoms with E-state index in [9.17, 15) is 4.79 Å². The van der Waals surface area contributed by atoms with Crippen LogP contribution in [0, 0.1) is 0 Å². The summed E-state index contributed by atoms with van der Waals surface area (Å²) in [6, 6.07) is 7.09. The molecule has 0 bridgehead atoms. The number of ether oxygens (including phenoxy) is 2. The van der Waals surface area contributed by atoms with Crippen LogP contribution in [-0.2, 0) is 7.05 Å². The summed E-state index contributed by atoms with van der Waals surface area (Å²) >= 11 is 5.90. The average molecular weight is 251 g/mol. The maximum atomic E-state index is 11.6. The average Bonchev–Trinajstić information content (AvgIpc) is 2.34. The van der Waals surface area contributed by atoms with Crippen molar-refractivity contribution in [3.05, 3.63) is 39.6 Å². The molecule has 0 saturated heterocycles. The zero-order valence-electron chi connectivity index (χ0n) is 8.81. The Labute approximate surface area is 101 Å². The van der Waals surface area contributed by atoms with Crippen LogP contribution in [0.4, 0.5) is 0 Å². The van der Waals surface area contributed by atoms with Crippen molar-refractivity contribution in [2.24, 2.45) is 7.05 Å². The van der Waals surface area contributed by atoms with Gasteiger partial charge in [0.1, 0.15) is 0 Å². The molecule has 2 aromatic rings. The van der Waals surface area contributed by atoms with Crippen molar-refractivity contribution in [3.8, 4) is 23.1 Å². The Hall–Kier alpha value is -2.01. The molecule has 0 spiro atoms. The van der Waals surface area contributed by atoms with Gasteiger partial charge in [-0.25, -0.2) is 4.68 Å². The van der Waals surface area contributed by atoms with Crippen molar-refractivity contribution in [3.63, 3.8) is 0 Å². The lowest BCUT2D eigenvalue weighted by Crippen LogP contribution is -2.22. The lowest BCUT2D eigenvalue weighted by Gasteiger charge is -2.20. The first-order valence-electron chi connectivity index (χ1n) is 4.88. The van der Waals surface area contributed by atoms with Crippen LogP contribution >= 0.6 is 11.6 Å². The minimum atomic E-state index is -0.423. The van der Waals surface area contributed by atoms with E-state index in [1.807, 2.05) is 6.07 Å². The molecule has 0 unspecified atom stereocenters. The quantitative estimate of drug-likeness (QED) is 0.614. The summed E-state index contributed by atoms with van der Waals surface area (Å²) in [5.41, 5.74) is -0.423. The zero-order valence-corrected chi connectivity index (χ0v) is 9.56. The molecule has 0 aliphatic carbocycles. The lowest BCUT2D eigenvalue weighted by atomic mass is 10.3. The fourth-order valence-corrected chi connectivity index (χ4v) is 1.79. The van der Waals surface area contributed by atoms with E-state index in [1.165, 1.54) is 7.05 Å². The van der Waals surface area contributed by atoms with Gasteiger partial charge < -0.3 is 9.47 Å². The van der Waals surface area contributed by atoms with E-state index >= 15 is 0 Å². The van der Waals surface area contributed by atoms with Gasteiger partial charge in [-0.1, -0.05) is 23.7 Å². The van der Waals surface area contributed by atoms with Crippen LogP contribution in [0.3, 0.4) is 0 Å². The predicted molar refractivity (Wildman–Crippen MR) is 61.1 cm³/mol. The summed E-state index contributed by atoms with van der Waals surface area (Å²) in [7, 11) is 1.50. The second kappa shape index (κ2) is 3.49. The van der Waals surface area contributed by atoms with Crippen LogP contribution in [0.5, 0.6) is 23.1 Å². The number of halogens is 1. The predicted octanol–water partition coefficient (Wildman–Crippen LogP) is 2.33. The molecule has 5 nitrogen and oxygen atoms in total. The molecular weight excluding hydrogens is 244 g/mol. The number of rotatable bonds is 0. The molecule has 0 fully saturated rings. The van der Waals surface area contributed by atoms with Crippen molar-refractivity contribution >= 4 is 11.6 Å². The van der Waals surface area contributed by atoms with Gasteiger partial charge in [0.25, 0.3) is 11.4 Å². The van der Waals surface area contributed by atoms with Crippen LogP contribution in [-0.4, -0.2) is 9.78 Å². The van der Waals surface area contributed by atoms with Gasteiger partial charge in [-0.2, -0.15) is 0 Å². The molecule has 2 heterocycles. The van der Waals surface area contributed by atoms with Gasteiger partial charge in [0, 0.05) is 7.05 Å². The number of hydrogen-bond acceptors (Lipinski definition) is 4. The molecule has 1 aromatic carbocycles. The summed E-state index contributed by atoms with van der Waals surface area (Å²) in [5.74, 6) is 1.41. The highest BCUT2D eigenvalue weighted by atomic mass is 35.5. The van der Waals surface area contributed by atoms with Crippen LogP contribution in [0.15, 0.2) is 29.1 Å². The van der Waals surface area contributed by atoms with Crippen molar-refractivity contribution < 1.29 is 9.47 Å². The number of para-hydroxylation sites is 2. The van der Waals surface area contributed by atoms with Crippen molar-refractivity contribution in [2.45, 2.75) is 0 Å². The van der Waals surface area contributed by atoms with Crippen LogP contribution in [0.25, 0.3) is 0 Å². The van der Waals surface area contributed by atoms with Gasteiger partial charge in [0.2, 0.25) is 5.75 Å². The topological polar surface area (TPSA) is 53.4 Å². The molecule has 0 amide bonds. The fourth-order valence-electron chi connectivity index (χ4n) is 1.55. The van der Waals surface area contributed by atoms with Crippen molar-refractivity contribution in [2.75, 3.05) is 0 Å². The van der Waals surface area contributed by atoms with Crippen LogP contribution in [0.2, 0.25) is 5.02 Å². The molecule has 1 aliphatic rings. The zero-order chi connectivity index (χ0) is 12.0. The second-order valence-corrected chi connectivity index (χ2v) is 3.91. The van der Waals surface area contributed by atoms with E-state index < -0.39 is 5.56 Å². The van der Waals surface area contributed by atoms with E-state index in [-0.39, 0.29) is 16.7 Å². The van der Waals surface area contributed by atoms with Gasteiger partial charge in [0.15, 0.2) is 16.5 Å². The normalized spacial score (nSPS) is 12.1. The number of aryl methyl sites for hydroxylation is 1. The molecule has 0 saturated carbocycles. The Balaban J connectivity index is 2.22. The molecule has 0 atom stereocenters. The lowest BCUT2D eigenvalue weighted by molar-refractivity contribution is 0.335. The summed E-state index contributed by atoms with van der Waals surface area (Å²) in [4.78, 5) is 11.6. The third-order valence-corrected chi connectivity index (χ3v) is 2.72. The van der Waals surface area contributed by atoms with Gasteiger partial charge >= 0.3 is 0 Å². The highest BCUT2D eigenvalue weighted by Gasteiger charge is 2.25. The number of hydrogen-bond donors (Lipinski definition) is 0. The monoisotopic (exact) mass is 250 g/mol. The molecular formula is C11H7ClN2O3. The number of aromatic nitrogens is 2. The minimum Gasteiger partial charge on any atom is -0.446 e. The Bertz CT molecular complexity index is 666. The molecule has 1 aromatic heterocycles. The van der Waals surface area contributed by atoms with E-state index in [1.54, 1.807) is 18.2 Å². The molecule has 0 radical (unpaired) electrons. The first kappa shape index (κ1) is 10.2. The third kappa shape index (κ3) is 1.47. The molecule has 6 heteroatoms. The fraction of sp³-hybridized carbons (Fsp3) is 0.0909. The first-order chi connectivity index (χ1) is 8.16. The van der Waals surface area contributed by atoms with Gasteiger partial charge in [0.05, 0.1) is 0 Å². The summed E-state index contributed by atoms with van der Waals surface area (Å²) < 4.78 is 12.1. The van der Waals surface area contributed by atoms with Crippen molar-refractivity contribution in [1.82, 2.24) is 9.78 Å². The maximum Gasteiger partial charge on any atom is 0.289 e. The van der Waals surface area contributed by atoms with Crippen molar-refractivity contribution in [1.29, 1.82) is 0 Å². The Morgan fingerprint density at radius 1 is 1.24 bits per heavy atom. The highest BCUT2D eigenvalue weighted by molar-refractivity contribution is 6.32. The molecule has 1 aliphatic heterocycles. The molecule has 3 rings (SSSR count). The summed E-state index contributed by atoms with van der Waals surface area (Å²) in [6.07, 6.45) is 0. The molecule has 0 N–H and O–H groups in total. The largest absolute Gasteiger partial charge is 0.446 e. The SMILES string of the molecule is Cn1nc2c(c(Cl)c1=O)Oc1ccccc1O2. The maximum absolute atomic E-state index is 11.6. The van der Waals surface area contributed by atoms with Crippen LogP contribution < -0.4 is 15.0 Å². The van der Waals surface area contributed by atoms with Crippen LogP contribution in [0.1, 0.15) is 0 Å². The van der Waals surface area contributed by atoms with Gasteiger partial charge in [-0.05, 0) is 12.1 Å².